The van der Waals surface area contributed by atoms with Gasteiger partial charge in [0, 0.05) is 5.56 Å². The van der Waals surface area contributed by atoms with Crippen LogP contribution in [0, 0.1) is 0 Å². The Balaban J connectivity index is 2.49. The number of rotatable bonds is 0. The van der Waals surface area contributed by atoms with Gasteiger partial charge in [0.25, 0.3) is 0 Å². The van der Waals surface area contributed by atoms with E-state index in [2.05, 4.69) is 0 Å². The van der Waals surface area contributed by atoms with Crippen LogP contribution in [-0.2, 0) is 4.79 Å². The minimum atomic E-state index is -1.35. The number of carbonyl (C=O) groups is 1. The lowest BCUT2D eigenvalue weighted by Crippen LogP contribution is -2.39. The second-order valence-electron chi connectivity index (χ2n) is 2.64. The van der Waals surface area contributed by atoms with Crippen molar-refractivity contribution in [1.82, 2.24) is 5.23 Å². The molecule has 68 valence electrons. The van der Waals surface area contributed by atoms with Crippen LogP contribution < -0.4 is 4.84 Å². The lowest BCUT2D eigenvalue weighted by atomic mass is 10.1. The Morgan fingerprint density at radius 2 is 2.08 bits per heavy atom. The molecular formula is C8H7NO4. The maximum absolute atomic E-state index is 11.0. The largest absolute Gasteiger partial charge is 0.378 e. The zero-order chi connectivity index (χ0) is 9.42. The highest BCUT2D eigenvalue weighted by molar-refractivity contribution is 5.82. The van der Waals surface area contributed by atoms with Crippen molar-refractivity contribution < 1.29 is 19.9 Å². The molecule has 0 spiro atoms. The van der Waals surface area contributed by atoms with Gasteiger partial charge in [-0.2, -0.15) is 0 Å². The second-order valence-corrected chi connectivity index (χ2v) is 2.64. The van der Waals surface area contributed by atoms with Gasteiger partial charge in [0.1, 0.15) is 0 Å². The summed E-state index contributed by atoms with van der Waals surface area (Å²) in [6.45, 7) is 0. The van der Waals surface area contributed by atoms with Crippen molar-refractivity contribution >= 4 is 5.91 Å². The predicted molar refractivity (Wildman–Crippen MR) is 40.7 cm³/mol. The summed E-state index contributed by atoms with van der Waals surface area (Å²) in [4.78, 5) is 15.7. The first-order valence-electron chi connectivity index (χ1n) is 3.68. The first-order chi connectivity index (χ1) is 6.20. The Labute approximate surface area is 73.7 Å². The summed E-state index contributed by atoms with van der Waals surface area (Å²) in [6.07, 6.45) is -1.35. The summed E-state index contributed by atoms with van der Waals surface area (Å²) in [5, 5.41) is 18.3. The zero-order valence-corrected chi connectivity index (χ0v) is 6.54. The number of aliphatic hydroxyl groups is 1. The fourth-order valence-corrected chi connectivity index (χ4v) is 1.17. The normalized spacial score (nSPS) is 20.9. The third kappa shape index (κ3) is 1.14. The standard InChI is InChI=1S/C8H7NO4/c10-7-5-3-1-2-4-6(5)13-9(12)8(7)11/h1-4,7,10,12H. The first-order valence-corrected chi connectivity index (χ1v) is 3.68. The monoisotopic (exact) mass is 181 g/mol. The Kier molecular flexibility index (Phi) is 1.68. The molecule has 1 aromatic carbocycles. The number of carbonyl (C=O) groups excluding carboxylic acids is 1. The minimum Gasteiger partial charge on any atom is -0.378 e. The highest BCUT2D eigenvalue weighted by Crippen LogP contribution is 2.30. The molecule has 0 radical (unpaired) electrons. The Hall–Kier alpha value is -1.59. The van der Waals surface area contributed by atoms with Crippen LogP contribution in [0.1, 0.15) is 11.7 Å². The zero-order valence-electron chi connectivity index (χ0n) is 6.54. The van der Waals surface area contributed by atoms with Crippen molar-refractivity contribution in [1.29, 1.82) is 0 Å². The fraction of sp³-hybridized carbons (Fsp3) is 0.125. The van der Waals surface area contributed by atoms with E-state index in [0.29, 0.717) is 5.56 Å². The number of hydrogen-bond donors (Lipinski definition) is 2. The summed E-state index contributed by atoms with van der Waals surface area (Å²) in [7, 11) is 0. The molecule has 13 heavy (non-hydrogen) atoms. The van der Waals surface area contributed by atoms with Gasteiger partial charge in [0.05, 0.1) is 0 Å². The lowest BCUT2D eigenvalue weighted by Gasteiger charge is -2.25. The number of aliphatic hydroxyl groups excluding tert-OH is 1. The van der Waals surface area contributed by atoms with Gasteiger partial charge in [-0.3, -0.25) is 10.0 Å². The van der Waals surface area contributed by atoms with Crippen LogP contribution in [-0.4, -0.2) is 21.4 Å². The summed E-state index contributed by atoms with van der Waals surface area (Å²) < 4.78 is 0. The molecule has 0 saturated heterocycles. The molecule has 0 saturated carbocycles. The van der Waals surface area contributed by atoms with Gasteiger partial charge in [-0.15, -0.1) is 0 Å². The summed E-state index contributed by atoms with van der Waals surface area (Å²) in [5.41, 5.74) is 0.359. The highest BCUT2D eigenvalue weighted by Gasteiger charge is 2.32. The lowest BCUT2D eigenvalue weighted by molar-refractivity contribution is -0.277. The van der Waals surface area contributed by atoms with Gasteiger partial charge in [-0.1, -0.05) is 18.2 Å². The minimum absolute atomic E-state index is 0.0347. The van der Waals surface area contributed by atoms with Gasteiger partial charge >= 0.3 is 5.91 Å². The van der Waals surface area contributed by atoms with E-state index in [-0.39, 0.29) is 11.0 Å². The Morgan fingerprint density at radius 3 is 2.85 bits per heavy atom. The van der Waals surface area contributed by atoms with Gasteiger partial charge < -0.3 is 9.94 Å². The number of nitrogens with zero attached hydrogens (tertiary/aromatic N) is 1. The SMILES string of the molecule is O=C1C(O)c2ccccc2ON1O. The predicted octanol–water partition coefficient (Wildman–Crippen LogP) is 0.245. The molecule has 1 aromatic rings. The van der Waals surface area contributed by atoms with E-state index >= 15 is 0 Å². The van der Waals surface area contributed by atoms with E-state index in [1.807, 2.05) is 0 Å². The van der Waals surface area contributed by atoms with Crippen LogP contribution in [0.15, 0.2) is 24.3 Å². The van der Waals surface area contributed by atoms with Gasteiger partial charge in [0.2, 0.25) is 0 Å². The molecule has 1 unspecified atom stereocenters. The van der Waals surface area contributed by atoms with E-state index in [1.54, 1.807) is 24.3 Å². The number of fused-ring (bicyclic) bond motifs is 1. The number of hydrogen-bond acceptors (Lipinski definition) is 4. The molecule has 1 atom stereocenters. The summed E-state index contributed by atoms with van der Waals surface area (Å²) >= 11 is 0. The van der Waals surface area contributed by atoms with Crippen molar-refractivity contribution in [2.45, 2.75) is 6.10 Å². The molecule has 1 heterocycles. The second kappa shape index (κ2) is 2.72. The van der Waals surface area contributed by atoms with E-state index in [1.165, 1.54) is 0 Å². The van der Waals surface area contributed by atoms with Crippen LogP contribution >= 0.6 is 0 Å². The molecule has 5 heteroatoms. The number of hydroxylamine groups is 2. The van der Waals surface area contributed by atoms with Gasteiger partial charge in [0.15, 0.2) is 11.9 Å². The van der Waals surface area contributed by atoms with Crippen LogP contribution in [0.5, 0.6) is 5.75 Å². The molecule has 0 aliphatic carbocycles. The van der Waals surface area contributed by atoms with Crippen LogP contribution in [0.4, 0.5) is 0 Å². The van der Waals surface area contributed by atoms with E-state index in [4.69, 9.17) is 10.0 Å². The van der Waals surface area contributed by atoms with E-state index < -0.39 is 12.0 Å². The summed E-state index contributed by atoms with van der Waals surface area (Å²) in [6, 6.07) is 6.46. The molecule has 0 aromatic heterocycles. The quantitative estimate of drug-likeness (QED) is 0.562. The van der Waals surface area contributed by atoms with Crippen molar-refractivity contribution in [3.05, 3.63) is 29.8 Å². The maximum Gasteiger partial charge on any atom is 0.317 e. The maximum atomic E-state index is 11.0. The van der Waals surface area contributed by atoms with Crippen LogP contribution in [0.2, 0.25) is 0 Å². The smallest absolute Gasteiger partial charge is 0.317 e. The number of para-hydroxylation sites is 1. The Bertz CT molecular complexity index is 352. The van der Waals surface area contributed by atoms with Crippen LogP contribution in [0.25, 0.3) is 0 Å². The van der Waals surface area contributed by atoms with Crippen molar-refractivity contribution in [2.24, 2.45) is 0 Å². The van der Waals surface area contributed by atoms with Crippen molar-refractivity contribution in [3.8, 4) is 5.75 Å². The first kappa shape index (κ1) is 8.03. The molecule has 0 fully saturated rings. The fourth-order valence-electron chi connectivity index (χ4n) is 1.17. The highest BCUT2D eigenvalue weighted by atomic mass is 16.9. The third-order valence-electron chi connectivity index (χ3n) is 1.82. The molecule has 1 aliphatic heterocycles. The molecule has 0 bridgehead atoms. The number of amides is 1. The average Bonchev–Trinajstić information content (AvgIpc) is 2.15. The molecule has 5 nitrogen and oxygen atoms in total. The molecule has 2 N–H and O–H groups in total. The Morgan fingerprint density at radius 1 is 1.38 bits per heavy atom. The number of benzene rings is 1. The molecule has 1 aliphatic rings. The van der Waals surface area contributed by atoms with Gasteiger partial charge in [-0.25, -0.2) is 0 Å². The average molecular weight is 181 g/mol. The third-order valence-corrected chi connectivity index (χ3v) is 1.82. The van der Waals surface area contributed by atoms with E-state index in [9.17, 15) is 9.90 Å². The molecular weight excluding hydrogens is 174 g/mol. The van der Waals surface area contributed by atoms with Crippen molar-refractivity contribution in [3.63, 3.8) is 0 Å². The van der Waals surface area contributed by atoms with Gasteiger partial charge in [-0.05, 0) is 11.3 Å². The summed E-state index contributed by atoms with van der Waals surface area (Å²) in [5.74, 6) is -0.615. The van der Waals surface area contributed by atoms with Crippen molar-refractivity contribution in [2.75, 3.05) is 0 Å². The van der Waals surface area contributed by atoms with E-state index in [0.717, 1.165) is 0 Å². The molecule has 1 amide bonds. The molecule has 2 rings (SSSR count). The topological polar surface area (TPSA) is 70.0 Å². The van der Waals surface area contributed by atoms with Crippen LogP contribution in [0.3, 0.4) is 0 Å².